The van der Waals surface area contributed by atoms with Crippen LogP contribution in [0.15, 0.2) is 108 Å². The Balaban J connectivity index is 0.821. The Hall–Kier alpha value is -8.33. The molecule has 0 bridgehead atoms. The number of aryl methyl sites for hydroxylation is 1. The molecule has 3 aromatic carbocycles. The fraction of sp³-hybridized carbons (Fsp3) is 0.286. The normalized spacial score (nSPS) is 17.7. The first-order valence-corrected chi connectivity index (χ1v) is 21.9. The van der Waals surface area contributed by atoms with E-state index in [4.69, 9.17) is 14.7 Å². The molecule has 3 aliphatic rings. The molecule has 1 aliphatic carbocycles. The van der Waals surface area contributed by atoms with Gasteiger partial charge in [-0.15, -0.1) is 0 Å². The van der Waals surface area contributed by atoms with Crippen molar-refractivity contribution in [1.82, 2.24) is 30.4 Å². The fourth-order valence-corrected chi connectivity index (χ4v) is 8.43. The average Bonchev–Trinajstić information content (AvgIpc) is 3.59. The van der Waals surface area contributed by atoms with Crippen LogP contribution in [-0.2, 0) is 28.0 Å². The van der Waals surface area contributed by atoms with E-state index in [-0.39, 0.29) is 73.1 Å². The van der Waals surface area contributed by atoms with Gasteiger partial charge in [-0.3, -0.25) is 43.9 Å². The highest BCUT2D eigenvalue weighted by atomic mass is 16.5. The Morgan fingerprint density at radius 3 is 2.31 bits per heavy atom. The number of nitrogens with zero attached hydrogens (tertiary/aromatic N) is 5. The number of aromatic nitrogens is 2. The second-order valence-corrected chi connectivity index (χ2v) is 16.4. The number of carbonyl (C=O) groups is 6. The monoisotopic (exact) mass is 905 g/mol. The van der Waals surface area contributed by atoms with Crippen LogP contribution in [0.25, 0.3) is 11.1 Å². The van der Waals surface area contributed by atoms with Crippen molar-refractivity contribution in [2.45, 2.75) is 63.2 Å². The lowest BCUT2D eigenvalue weighted by atomic mass is 9.89. The van der Waals surface area contributed by atoms with Crippen LogP contribution in [0, 0.1) is 11.3 Å². The van der Waals surface area contributed by atoms with Gasteiger partial charge in [-0.1, -0.05) is 30.3 Å². The van der Waals surface area contributed by atoms with Crippen molar-refractivity contribution >= 4 is 47.1 Å². The maximum atomic E-state index is 14.1. The van der Waals surface area contributed by atoms with E-state index >= 15 is 0 Å². The van der Waals surface area contributed by atoms with Gasteiger partial charge in [0.05, 0.1) is 23.2 Å². The molecule has 67 heavy (non-hydrogen) atoms. The summed E-state index contributed by atoms with van der Waals surface area (Å²) in [5, 5.41) is 20.5. The third-order valence-corrected chi connectivity index (χ3v) is 11.9. The van der Waals surface area contributed by atoms with E-state index in [0.717, 1.165) is 53.0 Å². The van der Waals surface area contributed by atoms with Crippen molar-refractivity contribution in [1.29, 1.82) is 5.26 Å². The maximum Gasteiger partial charge on any atom is 0.322 e. The summed E-state index contributed by atoms with van der Waals surface area (Å²) in [5.41, 5.74) is 3.75. The van der Waals surface area contributed by atoms with E-state index in [2.05, 4.69) is 32.3 Å². The number of anilines is 2. The predicted octanol–water partition coefficient (Wildman–Crippen LogP) is 4.43. The van der Waals surface area contributed by atoms with Crippen LogP contribution in [0.1, 0.15) is 70.4 Å². The average molecular weight is 906 g/mol. The molecular formula is C49H47N9O9. The van der Waals surface area contributed by atoms with Crippen LogP contribution in [0.3, 0.4) is 0 Å². The number of nitrogens with one attached hydrogen (secondary N) is 4. The number of pyridine rings is 2. The minimum atomic E-state index is -1.13. The molecule has 0 radical (unpaired) electrons. The van der Waals surface area contributed by atoms with Gasteiger partial charge in [0.2, 0.25) is 17.4 Å². The molecule has 1 saturated carbocycles. The summed E-state index contributed by atoms with van der Waals surface area (Å²) >= 11 is 0. The number of ether oxygens (including phenoxy) is 2. The van der Waals surface area contributed by atoms with Gasteiger partial charge in [-0.05, 0) is 103 Å². The van der Waals surface area contributed by atoms with Crippen LogP contribution in [0.4, 0.5) is 16.3 Å². The number of piperidine rings is 1. The Kier molecular flexibility index (Phi) is 13.7. The predicted molar refractivity (Wildman–Crippen MR) is 244 cm³/mol. The number of rotatable bonds is 15. The van der Waals surface area contributed by atoms with Gasteiger partial charge in [0.25, 0.3) is 17.7 Å². The Bertz CT molecular complexity index is 2800. The molecule has 0 spiro atoms. The van der Waals surface area contributed by atoms with E-state index in [1.807, 2.05) is 41.3 Å². The molecule has 4 heterocycles. The summed E-state index contributed by atoms with van der Waals surface area (Å²) in [6, 6.07) is 27.0. The summed E-state index contributed by atoms with van der Waals surface area (Å²) in [6.07, 6.45) is 6.43. The molecule has 1 atom stereocenters. The second-order valence-electron chi connectivity index (χ2n) is 16.4. The van der Waals surface area contributed by atoms with E-state index < -0.39 is 42.2 Å². The topological polar surface area (TPSA) is 234 Å². The second kappa shape index (κ2) is 20.2. The summed E-state index contributed by atoms with van der Waals surface area (Å²) in [4.78, 5) is 96.2. The van der Waals surface area contributed by atoms with Crippen molar-refractivity contribution in [2.24, 2.45) is 7.05 Å². The number of amides is 7. The summed E-state index contributed by atoms with van der Waals surface area (Å²) in [6.45, 7) is 0.0723. The number of imide groups is 2. The molecule has 1 unspecified atom stereocenters. The van der Waals surface area contributed by atoms with Crippen molar-refractivity contribution in [3.63, 3.8) is 0 Å². The van der Waals surface area contributed by atoms with Crippen LogP contribution in [0.5, 0.6) is 11.5 Å². The van der Waals surface area contributed by atoms with Crippen LogP contribution in [-0.4, -0.2) is 87.9 Å². The smallest absolute Gasteiger partial charge is 0.322 e. The SMILES string of the molecule is Cn1cc(-c2ccc(N(C(=O)NCc3ccc(OCCNC(=O)COc4cccc5c4C(=O)N(C4CCC(=O)NC4=O)C5=O)cc3)C3CCC(Nc4ccc(C#N)cn4)CC3)cc2)ccc1=O. The number of hydrogen-bond acceptors (Lipinski definition) is 12. The van der Waals surface area contributed by atoms with Crippen molar-refractivity contribution in [3.8, 4) is 28.7 Å². The van der Waals surface area contributed by atoms with Crippen LogP contribution >= 0.6 is 0 Å². The maximum absolute atomic E-state index is 14.1. The van der Waals surface area contributed by atoms with Gasteiger partial charge >= 0.3 is 6.03 Å². The van der Waals surface area contributed by atoms with Crippen molar-refractivity contribution in [3.05, 3.63) is 136 Å². The number of benzene rings is 3. The quantitative estimate of drug-likeness (QED) is 0.0844. The largest absolute Gasteiger partial charge is 0.492 e. The van der Waals surface area contributed by atoms with E-state index in [1.165, 1.54) is 28.8 Å². The summed E-state index contributed by atoms with van der Waals surface area (Å²) in [5.74, 6) is -1.84. The third kappa shape index (κ3) is 10.5. The minimum absolute atomic E-state index is 0.00800. The highest BCUT2D eigenvalue weighted by Crippen LogP contribution is 2.34. The molecule has 2 aliphatic heterocycles. The van der Waals surface area contributed by atoms with Gasteiger partial charge in [-0.25, -0.2) is 9.78 Å². The number of hydrogen-bond donors (Lipinski definition) is 4. The first-order valence-electron chi connectivity index (χ1n) is 21.9. The third-order valence-electron chi connectivity index (χ3n) is 11.9. The molecule has 18 heteroatoms. The number of nitriles is 1. The van der Waals surface area contributed by atoms with Crippen molar-refractivity contribution < 1.29 is 38.2 Å². The van der Waals surface area contributed by atoms with E-state index in [0.29, 0.717) is 17.1 Å². The standard InChI is InChI=1S/C49H47N9O9/c1-56-28-33(10-22-44(56)61)32-8-13-35(14-9-32)57(36-15-11-34(12-16-36)54-41-20-7-31(25-50)27-52-41)49(65)53-26-30-5-17-37(18-6-30)66-24-23-51-43(60)29-67-40-4-2-3-38-45(40)48(64)58(47(38)63)39-19-21-42(59)55-46(39)62/h2-10,13-14,17-18,20,22,27-28,34,36,39H,11-12,15-16,19,21,23-24,26,29H2,1H3,(H,51,60)(H,52,54)(H,53,65)(H,55,59,62). The zero-order chi connectivity index (χ0) is 47.0. The zero-order valence-corrected chi connectivity index (χ0v) is 36.5. The summed E-state index contributed by atoms with van der Waals surface area (Å²) in [7, 11) is 1.71. The first-order chi connectivity index (χ1) is 32.4. The summed E-state index contributed by atoms with van der Waals surface area (Å²) < 4.78 is 13.0. The molecule has 5 aromatic rings. The fourth-order valence-electron chi connectivity index (χ4n) is 8.43. The number of urea groups is 1. The Labute approximate surface area is 384 Å². The Morgan fingerprint density at radius 2 is 1.61 bits per heavy atom. The van der Waals surface area contributed by atoms with Gasteiger partial charge < -0.3 is 30.0 Å². The first kappa shape index (κ1) is 45.2. The molecular weight excluding hydrogens is 859 g/mol. The lowest BCUT2D eigenvalue weighted by Crippen LogP contribution is -2.54. The number of fused-ring (bicyclic) bond motifs is 1. The molecule has 8 rings (SSSR count). The minimum Gasteiger partial charge on any atom is -0.492 e. The van der Waals surface area contributed by atoms with Crippen LogP contribution in [0.2, 0.25) is 0 Å². The lowest BCUT2D eigenvalue weighted by Gasteiger charge is -2.37. The lowest BCUT2D eigenvalue weighted by molar-refractivity contribution is -0.136. The molecule has 2 aromatic heterocycles. The Morgan fingerprint density at radius 1 is 0.851 bits per heavy atom. The zero-order valence-electron chi connectivity index (χ0n) is 36.5. The molecule has 4 N–H and O–H groups in total. The molecule has 18 nitrogen and oxygen atoms in total. The van der Waals surface area contributed by atoms with Gasteiger partial charge in [-0.2, -0.15) is 5.26 Å². The molecule has 2 fully saturated rings. The van der Waals surface area contributed by atoms with Gasteiger partial charge in [0, 0.05) is 56.2 Å². The number of carbonyl (C=O) groups excluding carboxylic acids is 6. The van der Waals surface area contributed by atoms with Gasteiger partial charge in [0.1, 0.15) is 36.0 Å². The molecule has 342 valence electrons. The van der Waals surface area contributed by atoms with Gasteiger partial charge in [0.15, 0.2) is 6.61 Å². The highest BCUT2D eigenvalue weighted by Gasteiger charge is 2.46. The highest BCUT2D eigenvalue weighted by molar-refractivity contribution is 6.24. The van der Waals surface area contributed by atoms with Crippen LogP contribution < -0.4 is 41.2 Å². The van der Waals surface area contributed by atoms with E-state index in [9.17, 15) is 33.6 Å². The molecule has 7 amide bonds. The molecule has 1 saturated heterocycles. The van der Waals surface area contributed by atoms with E-state index in [1.54, 1.807) is 49.8 Å². The van der Waals surface area contributed by atoms with Crippen molar-refractivity contribution in [2.75, 3.05) is 30.0 Å².